The summed E-state index contributed by atoms with van der Waals surface area (Å²) in [7, 11) is 0. The smallest absolute Gasteiger partial charge is 0.271 e. The van der Waals surface area contributed by atoms with E-state index in [1.807, 2.05) is 48.5 Å². The summed E-state index contributed by atoms with van der Waals surface area (Å²) in [5.41, 5.74) is 4.62. The van der Waals surface area contributed by atoms with Gasteiger partial charge in [0.05, 0.1) is 6.21 Å². The van der Waals surface area contributed by atoms with E-state index in [0.29, 0.717) is 17.9 Å². The van der Waals surface area contributed by atoms with Gasteiger partial charge >= 0.3 is 0 Å². The molecule has 0 aliphatic rings. The second-order valence-corrected chi connectivity index (χ2v) is 6.94. The van der Waals surface area contributed by atoms with Gasteiger partial charge < -0.3 is 4.74 Å². The van der Waals surface area contributed by atoms with E-state index in [9.17, 15) is 9.18 Å². The van der Waals surface area contributed by atoms with Crippen molar-refractivity contribution in [1.82, 2.24) is 5.43 Å². The number of hydrogen-bond acceptors (Lipinski definition) is 3. The lowest BCUT2D eigenvalue weighted by Crippen LogP contribution is -2.17. The van der Waals surface area contributed by atoms with Crippen molar-refractivity contribution >= 4 is 34.7 Å². The molecule has 136 valence electrons. The molecule has 0 bridgehead atoms. The lowest BCUT2D eigenvalue weighted by Gasteiger charge is -2.07. The van der Waals surface area contributed by atoms with Crippen LogP contribution < -0.4 is 10.2 Å². The molecule has 0 aliphatic carbocycles. The number of hydrogen-bond donors (Lipinski definition) is 1. The van der Waals surface area contributed by atoms with E-state index in [1.54, 1.807) is 0 Å². The average molecular weight is 474 g/mol. The average Bonchev–Trinajstić information content (AvgIpc) is 2.68. The van der Waals surface area contributed by atoms with Gasteiger partial charge in [-0.05, 0) is 82.2 Å². The number of halogens is 2. The molecule has 0 radical (unpaired) electrons. The fourth-order valence-electron chi connectivity index (χ4n) is 2.26. The van der Waals surface area contributed by atoms with Crippen LogP contribution in [0.15, 0.2) is 77.9 Å². The van der Waals surface area contributed by atoms with Gasteiger partial charge in [0.25, 0.3) is 5.91 Å². The zero-order valence-electron chi connectivity index (χ0n) is 14.2. The Morgan fingerprint density at radius 1 is 1.07 bits per heavy atom. The third-order valence-electron chi connectivity index (χ3n) is 3.66. The van der Waals surface area contributed by atoms with Crippen molar-refractivity contribution in [3.05, 3.63) is 98.9 Å². The van der Waals surface area contributed by atoms with Crippen LogP contribution in [0.2, 0.25) is 0 Å². The molecule has 0 aromatic heterocycles. The van der Waals surface area contributed by atoms with Crippen molar-refractivity contribution in [2.75, 3.05) is 0 Å². The van der Waals surface area contributed by atoms with E-state index in [2.05, 4.69) is 33.1 Å². The summed E-state index contributed by atoms with van der Waals surface area (Å²) in [6.07, 6.45) is 1.53. The predicted molar refractivity (Wildman–Crippen MR) is 111 cm³/mol. The summed E-state index contributed by atoms with van der Waals surface area (Å²) in [5.74, 6) is -0.0863. The molecule has 1 N–H and O–H groups in total. The maximum absolute atomic E-state index is 12.9. The standard InChI is InChI=1S/C21H16FIN2O2/c22-18-8-6-17(7-9-18)21(26)25-24-13-16-2-1-3-20(12-16)27-14-15-4-10-19(23)11-5-15/h1-13H,14H2,(H,25,26)/b24-13-. The molecule has 1 amide bonds. The third-order valence-corrected chi connectivity index (χ3v) is 4.38. The Morgan fingerprint density at radius 2 is 1.81 bits per heavy atom. The van der Waals surface area contributed by atoms with E-state index >= 15 is 0 Å². The minimum Gasteiger partial charge on any atom is -0.489 e. The molecule has 0 aliphatic heterocycles. The molecule has 3 rings (SSSR count). The van der Waals surface area contributed by atoms with Gasteiger partial charge in [-0.1, -0.05) is 24.3 Å². The quantitative estimate of drug-likeness (QED) is 0.318. The zero-order valence-corrected chi connectivity index (χ0v) is 16.4. The molecule has 3 aromatic rings. The van der Waals surface area contributed by atoms with Crippen LogP contribution in [-0.2, 0) is 6.61 Å². The topological polar surface area (TPSA) is 50.7 Å². The van der Waals surface area contributed by atoms with Crippen molar-refractivity contribution in [3.8, 4) is 5.75 Å². The van der Waals surface area contributed by atoms with Crippen LogP contribution in [0.25, 0.3) is 0 Å². The highest BCUT2D eigenvalue weighted by molar-refractivity contribution is 14.1. The number of benzene rings is 3. The normalized spacial score (nSPS) is 10.7. The molecule has 3 aromatic carbocycles. The molecule has 0 saturated heterocycles. The van der Waals surface area contributed by atoms with Crippen molar-refractivity contribution in [3.63, 3.8) is 0 Å². The maximum Gasteiger partial charge on any atom is 0.271 e. The number of nitrogens with one attached hydrogen (secondary N) is 1. The van der Waals surface area contributed by atoms with Gasteiger partial charge in [-0.2, -0.15) is 5.10 Å². The molecular weight excluding hydrogens is 458 g/mol. The highest BCUT2D eigenvalue weighted by Gasteiger charge is 2.03. The summed E-state index contributed by atoms with van der Waals surface area (Å²) in [6.45, 7) is 0.471. The van der Waals surface area contributed by atoms with Gasteiger partial charge in [0.1, 0.15) is 18.2 Å². The van der Waals surface area contributed by atoms with Crippen LogP contribution in [-0.4, -0.2) is 12.1 Å². The van der Waals surface area contributed by atoms with Gasteiger partial charge in [0, 0.05) is 9.13 Å². The van der Waals surface area contributed by atoms with Crippen molar-refractivity contribution in [2.24, 2.45) is 5.10 Å². The molecule has 0 saturated carbocycles. The first kappa shape index (κ1) is 19.0. The third kappa shape index (κ3) is 5.89. The van der Waals surface area contributed by atoms with Crippen LogP contribution >= 0.6 is 22.6 Å². The first-order valence-electron chi connectivity index (χ1n) is 8.16. The Morgan fingerprint density at radius 3 is 2.56 bits per heavy atom. The largest absolute Gasteiger partial charge is 0.489 e. The molecule has 27 heavy (non-hydrogen) atoms. The van der Waals surface area contributed by atoms with Crippen LogP contribution in [0, 0.1) is 9.39 Å². The minimum atomic E-state index is -0.405. The number of carbonyl (C=O) groups is 1. The maximum atomic E-state index is 12.9. The Balaban J connectivity index is 1.56. The molecule has 0 spiro atoms. The number of ether oxygens (including phenoxy) is 1. The molecular formula is C21H16FIN2O2. The first-order valence-corrected chi connectivity index (χ1v) is 9.24. The first-order chi connectivity index (χ1) is 13.1. The van der Waals surface area contributed by atoms with E-state index < -0.39 is 11.7 Å². The highest BCUT2D eigenvalue weighted by atomic mass is 127. The molecule has 4 nitrogen and oxygen atoms in total. The molecule has 0 atom stereocenters. The molecule has 0 fully saturated rings. The summed E-state index contributed by atoms with van der Waals surface area (Å²) in [4.78, 5) is 11.9. The molecule has 0 heterocycles. The SMILES string of the molecule is O=C(N/N=C\c1cccc(OCc2ccc(I)cc2)c1)c1ccc(F)cc1. The highest BCUT2D eigenvalue weighted by Crippen LogP contribution is 2.15. The second-order valence-electron chi connectivity index (χ2n) is 5.69. The summed E-state index contributed by atoms with van der Waals surface area (Å²) >= 11 is 2.26. The van der Waals surface area contributed by atoms with E-state index in [-0.39, 0.29) is 0 Å². The van der Waals surface area contributed by atoms with Crippen LogP contribution in [0.4, 0.5) is 4.39 Å². The van der Waals surface area contributed by atoms with Crippen LogP contribution in [0.1, 0.15) is 21.5 Å². The number of hydrazone groups is 1. The van der Waals surface area contributed by atoms with Gasteiger partial charge in [0.15, 0.2) is 0 Å². The Bertz CT molecular complexity index is 941. The monoisotopic (exact) mass is 474 g/mol. The number of carbonyl (C=O) groups excluding carboxylic acids is 1. The van der Waals surface area contributed by atoms with Gasteiger partial charge in [-0.3, -0.25) is 4.79 Å². The Kier molecular flexibility index (Phi) is 6.54. The second kappa shape index (κ2) is 9.27. The fourth-order valence-corrected chi connectivity index (χ4v) is 2.62. The zero-order chi connectivity index (χ0) is 19.1. The summed E-state index contributed by atoms with van der Waals surface area (Å²) < 4.78 is 19.8. The Labute approximate surface area is 170 Å². The summed E-state index contributed by atoms with van der Waals surface area (Å²) in [6, 6.07) is 20.8. The summed E-state index contributed by atoms with van der Waals surface area (Å²) in [5, 5.41) is 3.93. The van der Waals surface area contributed by atoms with Gasteiger partial charge in [-0.25, -0.2) is 9.82 Å². The number of amides is 1. The lowest BCUT2D eigenvalue weighted by atomic mass is 10.2. The predicted octanol–water partition coefficient (Wildman–Crippen LogP) is 4.77. The van der Waals surface area contributed by atoms with Crippen molar-refractivity contribution in [2.45, 2.75) is 6.61 Å². The van der Waals surface area contributed by atoms with Gasteiger partial charge in [-0.15, -0.1) is 0 Å². The van der Waals surface area contributed by atoms with E-state index in [4.69, 9.17) is 4.74 Å². The Hall–Kier alpha value is -2.74. The van der Waals surface area contributed by atoms with Crippen LogP contribution in [0.3, 0.4) is 0 Å². The van der Waals surface area contributed by atoms with Crippen molar-refractivity contribution < 1.29 is 13.9 Å². The number of nitrogens with zero attached hydrogens (tertiary/aromatic N) is 1. The minimum absolute atomic E-state index is 0.336. The van der Waals surface area contributed by atoms with E-state index in [1.165, 1.54) is 34.1 Å². The van der Waals surface area contributed by atoms with Gasteiger partial charge in [0.2, 0.25) is 0 Å². The lowest BCUT2D eigenvalue weighted by molar-refractivity contribution is 0.0955. The van der Waals surface area contributed by atoms with E-state index in [0.717, 1.165) is 11.1 Å². The van der Waals surface area contributed by atoms with Crippen LogP contribution in [0.5, 0.6) is 5.75 Å². The van der Waals surface area contributed by atoms with Crippen molar-refractivity contribution in [1.29, 1.82) is 0 Å². The molecule has 6 heteroatoms. The number of rotatable bonds is 6. The molecule has 0 unspecified atom stereocenters. The fraction of sp³-hybridized carbons (Fsp3) is 0.0476.